The van der Waals surface area contributed by atoms with Crippen molar-refractivity contribution in [3.63, 3.8) is 0 Å². The van der Waals surface area contributed by atoms with Crippen molar-refractivity contribution in [2.45, 2.75) is 55.9 Å². The van der Waals surface area contributed by atoms with Crippen molar-refractivity contribution in [1.82, 2.24) is 14.9 Å². The number of nitrogens with zero attached hydrogens (tertiary/aromatic N) is 1. The molecule has 5 N–H and O–H groups in total. The van der Waals surface area contributed by atoms with E-state index in [1.807, 2.05) is 0 Å². The highest BCUT2D eigenvalue weighted by Crippen LogP contribution is 2.29. The molecule has 0 aliphatic carbocycles. The summed E-state index contributed by atoms with van der Waals surface area (Å²) < 4.78 is 118. The van der Waals surface area contributed by atoms with Crippen LogP contribution in [0.3, 0.4) is 0 Å². The Bertz CT molecular complexity index is 1760. The van der Waals surface area contributed by atoms with Crippen LogP contribution < -0.4 is 16.4 Å². The highest BCUT2D eigenvalue weighted by molar-refractivity contribution is 7.89. The molecular weight excluding hydrogens is 580 g/mol. The Kier molecular flexibility index (Phi) is 8.29. The number of hydrogen-bond donors (Lipinski definition) is 4. The van der Waals surface area contributed by atoms with Crippen molar-refractivity contribution < 1.29 is 42.9 Å². The van der Waals surface area contributed by atoms with Crippen LogP contribution in [0.2, 0.25) is 0 Å². The van der Waals surface area contributed by atoms with E-state index in [9.17, 15) is 23.1 Å². The van der Waals surface area contributed by atoms with E-state index in [0.29, 0.717) is 15.4 Å². The summed E-state index contributed by atoms with van der Waals surface area (Å²) in [6.45, 7) is -10.9. The number of alkyl carbamates (subject to hydrolysis) is 1. The number of carbonyl (C=O) groups excluding carboxylic acids is 2. The number of nitrogens with two attached hydrogens (primary N) is 1. The van der Waals surface area contributed by atoms with Crippen molar-refractivity contribution in [1.29, 1.82) is 0 Å². The summed E-state index contributed by atoms with van der Waals surface area (Å²) >= 11 is 0. The highest BCUT2D eigenvalue weighted by atomic mass is 32.2. The highest BCUT2D eigenvalue weighted by Gasteiger charge is 2.33. The third-order valence-corrected chi connectivity index (χ3v) is 8.75. The molecule has 3 aromatic carbocycles. The van der Waals surface area contributed by atoms with Crippen molar-refractivity contribution >= 4 is 27.7 Å². The van der Waals surface area contributed by atoms with Crippen molar-refractivity contribution in [3.05, 3.63) is 96.1 Å². The predicted octanol–water partition coefficient (Wildman–Crippen LogP) is 4.12. The molecule has 2 amide bonds. The molecule has 3 atom stereocenters. The Labute approximate surface area is 276 Å². The molecular formula is C33H44N4O6S. The zero-order chi connectivity index (χ0) is 41.4. The van der Waals surface area contributed by atoms with Gasteiger partial charge in [-0.25, -0.2) is 13.2 Å². The molecule has 0 aliphatic rings. The van der Waals surface area contributed by atoms with E-state index in [-0.39, 0.29) is 31.5 Å². The third kappa shape index (κ3) is 9.54. The maximum atomic E-state index is 13.9. The SMILES string of the molecule is [2H]C(O)[C@H](CCCCNC(=O)[C@@H](NC(=O)OC([2H])([2H])[2H])C(c1ccccc1)c1ccccc1)N(CC([2H])(C([2H])([2H])[2H])C([2H])([2H])[2H])S(=O)(=O)c1ccc(N)cc1. The molecule has 0 heterocycles. The molecule has 10 nitrogen and oxygen atoms in total. The van der Waals surface area contributed by atoms with Crippen LogP contribution in [-0.4, -0.2) is 68.6 Å². The minimum absolute atomic E-state index is 0.0266. The monoisotopic (exact) mass is 635 g/mol. The summed E-state index contributed by atoms with van der Waals surface area (Å²) in [5, 5.41) is 15.6. The number of aliphatic hydroxyl groups excluding tert-OH is 1. The van der Waals surface area contributed by atoms with Gasteiger partial charge in [-0.1, -0.05) is 80.8 Å². The Morgan fingerprint density at radius 3 is 2.16 bits per heavy atom. The number of nitrogen functional groups attached to an aromatic ring is 1. The van der Waals surface area contributed by atoms with E-state index in [2.05, 4.69) is 15.4 Å². The fraction of sp³-hybridized carbons (Fsp3) is 0.394. The first-order valence-corrected chi connectivity index (χ1v) is 15.2. The largest absolute Gasteiger partial charge is 0.453 e. The number of nitrogens with one attached hydrogen (secondary N) is 2. The van der Waals surface area contributed by atoms with E-state index in [1.165, 1.54) is 12.1 Å². The minimum Gasteiger partial charge on any atom is -0.453 e. The molecule has 238 valence electrons. The number of sulfonamides is 1. The second-order valence-corrected chi connectivity index (χ2v) is 11.8. The van der Waals surface area contributed by atoms with Gasteiger partial charge >= 0.3 is 6.09 Å². The van der Waals surface area contributed by atoms with Crippen LogP contribution in [0.15, 0.2) is 89.8 Å². The topological polar surface area (TPSA) is 151 Å². The molecule has 0 saturated carbocycles. The summed E-state index contributed by atoms with van der Waals surface area (Å²) in [7, 11) is -7.96. The molecule has 0 fully saturated rings. The maximum Gasteiger partial charge on any atom is 0.407 e. The van der Waals surface area contributed by atoms with Gasteiger partial charge in [-0.05, 0) is 54.1 Å². The molecule has 0 aromatic heterocycles. The number of carbonyl (C=O) groups is 2. The molecule has 0 spiro atoms. The van der Waals surface area contributed by atoms with Gasteiger partial charge in [0.25, 0.3) is 0 Å². The van der Waals surface area contributed by atoms with Crippen LogP contribution in [-0.2, 0) is 19.6 Å². The number of ether oxygens (including phenoxy) is 1. The fourth-order valence-electron chi connectivity index (χ4n) is 4.76. The smallest absolute Gasteiger partial charge is 0.407 e. The average Bonchev–Trinajstić information content (AvgIpc) is 3.07. The summed E-state index contributed by atoms with van der Waals surface area (Å²) in [4.78, 5) is 26.0. The first-order chi connectivity index (χ1) is 25.4. The first-order valence-electron chi connectivity index (χ1n) is 19.3. The summed E-state index contributed by atoms with van der Waals surface area (Å²) in [5.41, 5.74) is 7.06. The van der Waals surface area contributed by atoms with Crippen LogP contribution in [0.1, 0.15) is 65.1 Å². The lowest BCUT2D eigenvalue weighted by Gasteiger charge is -2.31. The lowest BCUT2D eigenvalue weighted by molar-refractivity contribution is -0.123. The fourth-order valence-corrected chi connectivity index (χ4v) is 6.33. The zero-order valence-corrected chi connectivity index (χ0v) is 24.7. The average molecular weight is 636 g/mol. The first kappa shape index (κ1) is 21.7. The summed E-state index contributed by atoms with van der Waals surface area (Å²) in [6, 6.07) is 18.7. The van der Waals surface area contributed by atoms with Gasteiger partial charge in [0, 0.05) is 40.3 Å². The number of rotatable bonds is 16. The number of benzene rings is 3. The van der Waals surface area contributed by atoms with Gasteiger partial charge in [0.05, 0.1) is 24.0 Å². The van der Waals surface area contributed by atoms with Crippen LogP contribution in [0.25, 0.3) is 0 Å². The van der Waals surface area contributed by atoms with Gasteiger partial charge in [-0.15, -0.1) is 0 Å². The van der Waals surface area contributed by atoms with Gasteiger partial charge in [0.1, 0.15) is 6.04 Å². The number of methoxy groups -OCH3 is 1. The van der Waals surface area contributed by atoms with E-state index in [1.54, 1.807) is 60.7 Å². The molecule has 0 radical (unpaired) electrons. The maximum absolute atomic E-state index is 13.9. The third-order valence-electron chi connectivity index (χ3n) is 6.87. The lowest BCUT2D eigenvalue weighted by Crippen LogP contribution is -2.50. The predicted molar refractivity (Wildman–Crippen MR) is 171 cm³/mol. The molecule has 11 heteroatoms. The van der Waals surface area contributed by atoms with Gasteiger partial charge in [0.15, 0.2) is 0 Å². The lowest BCUT2D eigenvalue weighted by atomic mass is 9.84. The molecule has 0 saturated heterocycles. The Hall–Kier alpha value is -3.93. The van der Waals surface area contributed by atoms with Gasteiger partial charge in [-0.2, -0.15) is 4.31 Å². The Morgan fingerprint density at radius 2 is 1.61 bits per heavy atom. The molecule has 1 unspecified atom stereocenters. The standard InChI is InChI=1S/C33H44N4O6S/c1-24(2)22-37(44(41,42)29-19-17-27(34)18-20-29)28(23-38)16-10-11-21-35-32(39)31(36-33(40)43-3)30(25-12-6-4-7-13-25)26-14-8-5-9-15-26/h4-9,12-15,17-20,24,28,30-31,38H,10-11,16,21-23,34H2,1-3H3,(H,35,39)(H,36,40)/t28-,31-/m0/s1/i1D3,2D3,3D3,23D,24D/t23?,28-,31-. The molecule has 0 aliphatic heterocycles. The van der Waals surface area contributed by atoms with Crippen LogP contribution in [0, 0.1) is 5.89 Å². The minimum atomic E-state index is -4.85. The number of hydrogen-bond acceptors (Lipinski definition) is 7. The van der Waals surface area contributed by atoms with E-state index in [0.717, 1.165) is 12.1 Å². The van der Waals surface area contributed by atoms with Gasteiger partial charge < -0.3 is 26.2 Å². The van der Waals surface area contributed by atoms with Crippen LogP contribution in [0.5, 0.6) is 0 Å². The second-order valence-electron chi connectivity index (χ2n) is 9.91. The van der Waals surface area contributed by atoms with Crippen LogP contribution >= 0.6 is 0 Å². The summed E-state index contributed by atoms with van der Waals surface area (Å²) in [5.74, 6) is -4.96. The van der Waals surface area contributed by atoms with Crippen molar-refractivity contribution in [2.75, 3.05) is 32.4 Å². The molecule has 0 bridgehead atoms. The summed E-state index contributed by atoms with van der Waals surface area (Å²) in [6.07, 6.45) is -1.70. The molecule has 3 aromatic rings. The normalized spacial score (nSPS) is 18.6. The number of unbranched alkanes of at least 4 members (excludes halogenated alkanes) is 1. The quantitative estimate of drug-likeness (QED) is 0.137. The Balaban J connectivity index is 1.89. The number of amides is 2. The Morgan fingerprint density at radius 1 is 1.00 bits per heavy atom. The number of anilines is 1. The van der Waals surface area contributed by atoms with Gasteiger partial charge in [0.2, 0.25) is 15.9 Å². The van der Waals surface area contributed by atoms with Crippen molar-refractivity contribution in [2.24, 2.45) is 5.89 Å². The van der Waals surface area contributed by atoms with Crippen molar-refractivity contribution in [3.8, 4) is 0 Å². The molecule has 3 rings (SSSR count). The van der Waals surface area contributed by atoms with E-state index >= 15 is 0 Å². The zero-order valence-electron chi connectivity index (χ0n) is 34.8. The second kappa shape index (κ2) is 16.8. The number of aliphatic hydroxyl groups is 1. The van der Waals surface area contributed by atoms with Gasteiger partial charge in [-0.3, -0.25) is 4.79 Å². The van der Waals surface area contributed by atoms with E-state index in [4.69, 9.17) is 20.8 Å². The van der Waals surface area contributed by atoms with E-state index < -0.39 is 84.7 Å². The molecule has 44 heavy (non-hydrogen) atoms. The van der Waals surface area contributed by atoms with Crippen LogP contribution in [0.4, 0.5) is 10.5 Å².